The van der Waals surface area contributed by atoms with Gasteiger partial charge in [-0.2, -0.15) is 0 Å². The molecule has 0 spiro atoms. The molecule has 0 radical (unpaired) electrons. The molecule has 1 heterocycles. The molecule has 7 aromatic rings. The maximum atomic E-state index is 5.09. The molecule has 1 aliphatic rings. The molecule has 50 heavy (non-hydrogen) atoms. The summed E-state index contributed by atoms with van der Waals surface area (Å²) >= 11 is 0. The number of benzene rings is 6. The lowest BCUT2D eigenvalue weighted by Crippen LogP contribution is -2.00. The summed E-state index contributed by atoms with van der Waals surface area (Å²) in [5, 5.41) is 2.49. The summed E-state index contributed by atoms with van der Waals surface area (Å²) in [6.45, 7) is 4.22. The SMILES string of the molecule is C/C=C\c1c(C)cccc1-c1ccc(-c2nc(-c3ccccc3)nc(-c3cccc(-c4ccc(C5=CCCC=C5)c5ccccc45)c3)n2)cc1. The van der Waals surface area contributed by atoms with Crippen LogP contribution in [0.4, 0.5) is 0 Å². The Bertz CT molecular complexity index is 2430. The fourth-order valence-electron chi connectivity index (χ4n) is 6.91. The topological polar surface area (TPSA) is 38.7 Å². The van der Waals surface area contributed by atoms with E-state index in [2.05, 4.69) is 147 Å². The van der Waals surface area contributed by atoms with Gasteiger partial charge in [-0.05, 0) is 88.0 Å². The second kappa shape index (κ2) is 13.7. The number of aryl methyl sites for hydroxylation is 1. The summed E-state index contributed by atoms with van der Waals surface area (Å²) < 4.78 is 0. The number of aromatic nitrogens is 3. The Morgan fingerprint density at radius 2 is 1.10 bits per heavy atom. The molecule has 240 valence electrons. The van der Waals surface area contributed by atoms with Crippen molar-refractivity contribution in [1.29, 1.82) is 0 Å². The Hall–Kier alpha value is -6.19. The fourth-order valence-corrected chi connectivity index (χ4v) is 6.91. The van der Waals surface area contributed by atoms with Gasteiger partial charge < -0.3 is 0 Å². The molecule has 0 saturated heterocycles. The Morgan fingerprint density at radius 1 is 0.500 bits per heavy atom. The molecule has 1 aromatic heterocycles. The van der Waals surface area contributed by atoms with Gasteiger partial charge in [0.05, 0.1) is 0 Å². The molecule has 0 fully saturated rings. The van der Waals surface area contributed by atoms with Gasteiger partial charge in [0.1, 0.15) is 0 Å². The molecule has 6 aromatic carbocycles. The van der Waals surface area contributed by atoms with E-state index in [4.69, 9.17) is 15.0 Å². The fraction of sp³-hybridized carbons (Fsp3) is 0.0851. The van der Waals surface area contributed by atoms with Crippen LogP contribution in [-0.4, -0.2) is 15.0 Å². The Kier molecular flexibility index (Phi) is 8.54. The lowest BCUT2D eigenvalue weighted by molar-refractivity contribution is 1.04. The van der Waals surface area contributed by atoms with Crippen molar-refractivity contribution in [3.8, 4) is 56.4 Å². The molecule has 0 saturated carbocycles. The largest absolute Gasteiger partial charge is 0.208 e. The van der Waals surface area contributed by atoms with Gasteiger partial charge in [-0.3, -0.25) is 0 Å². The van der Waals surface area contributed by atoms with Crippen LogP contribution in [0.3, 0.4) is 0 Å². The average Bonchev–Trinajstić information content (AvgIpc) is 3.19. The van der Waals surface area contributed by atoms with Crippen molar-refractivity contribution in [2.24, 2.45) is 0 Å². The maximum absolute atomic E-state index is 5.09. The summed E-state index contributed by atoms with van der Waals surface area (Å²) in [6.07, 6.45) is 13.3. The van der Waals surface area contributed by atoms with Crippen LogP contribution in [-0.2, 0) is 0 Å². The van der Waals surface area contributed by atoms with E-state index in [-0.39, 0.29) is 0 Å². The maximum Gasteiger partial charge on any atom is 0.164 e. The smallest absolute Gasteiger partial charge is 0.164 e. The molecule has 0 N–H and O–H groups in total. The minimum absolute atomic E-state index is 0.646. The summed E-state index contributed by atoms with van der Waals surface area (Å²) in [6, 6.07) is 47.0. The number of hydrogen-bond donors (Lipinski definition) is 0. The van der Waals surface area contributed by atoms with Crippen molar-refractivity contribution < 1.29 is 0 Å². The van der Waals surface area contributed by atoms with Crippen LogP contribution in [0, 0.1) is 6.92 Å². The quantitative estimate of drug-likeness (QED) is 0.173. The molecule has 0 amide bonds. The van der Waals surface area contributed by atoms with Crippen LogP contribution < -0.4 is 0 Å². The van der Waals surface area contributed by atoms with Gasteiger partial charge >= 0.3 is 0 Å². The van der Waals surface area contributed by atoms with Gasteiger partial charge in [-0.1, -0.05) is 158 Å². The first kappa shape index (κ1) is 31.1. The van der Waals surface area contributed by atoms with Crippen molar-refractivity contribution >= 4 is 22.4 Å². The molecule has 1 aliphatic carbocycles. The van der Waals surface area contributed by atoms with Crippen LogP contribution in [0.2, 0.25) is 0 Å². The molecule has 3 nitrogen and oxygen atoms in total. The molecule has 0 atom stereocenters. The third kappa shape index (κ3) is 6.10. The predicted octanol–water partition coefficient (Wildman–Crippen LogP) is 12.4. The number of hydrogen-bond acceptors (Lipinski definition) is 3. The Morgan fingerprint density at radius 3 is 1.82 bits per heavy atom. The van der Waals surface area contributed by atoms with Crippen molar-refractivity contribution in [2.45, 2.75) is 26.7 Å². The summed E-state index contributed by atoms with van der Waals surface area (Å²) in [4.78, 5) is 15.1. The van der Waals surface area contributed by atoms with Gasteiger partial charge in [0.2, 0.25) is 0 Å². The van der Waals surface area contributed by atoms with E-state index >= 15 is 0 Å². The van der Waals surface area contributed by atoms with Crippen LogP contribution in [0.1, 0.15) is 36.5 Å². The first-order valence-corrected chi connectivity index (χ1v) is 17.3. The first-order valence-electron chi connectivity index (χ1n) is 17.3. The minimum atomic E-state index is 0.646. The zero-order valence-electron chi connectivity index (χ0n) is 28.3. The zero-order valence-corrected chi connectivity index (χ0v) is 28.3. The van der Waals surface area contributed by atoms with Gasteiger partial charge in [-0.25, -0.2) is 15.0 Å². The standard InChI is InChI=1S/C47H37N3/c1-3-14-39-32(2)15-12-24-40(39)34-25-27-36(28-26-34)46-48-45(35-18-8-5-9-19-35)49-47(50-46)38-21-13-20-37(31-38)42-30-29-41(33-16-6-4-7-17-33)43-22-10-11-23-44(42)43/h3,5-6,8-31H,4,7H2,1-2H3/b14-3-. The molecule has 3 heteroatoms. The molecule has 0 unspecified atom stereocenters. The van der Waals surface area contributed by atoms with Crippen LogP contribution >= 0.6 is 0 Å². The molecule has 0 bridgehead atoms. The van der Waals surface area contributed by atoms with Gasteiger partial charge in [0.25, 0.3) is 0 Å². The van der Waals surface area contributed by atoms with E-state index in [1.165, 1.54) is 44.2 Å². The highest BCUT2D eigenvalue weighted by Crippen LogP contribution is 2.37. The van der Waals surface area contributed by atoms with Crippen LogP contribution in [0.15, 0.2) is 158 Å². The molecular weight excluding hydrogens is 607 g/mol. The predicted molar refractivity (Wildman–Crippen MR) is 210 cm³/mol. The molecular formula is C47H37N3. The number of fused-ring (bicyclic) bond motifs is 1. The lowest BCUT2D eigenvalue weighted by Gasteiger charge is -2.15. The van der Waals surface area contributed by atoms with Crippen LogP contribution in [0.5, 0.6) is 0 Å². The number of rotatable bonds is 7. The highest BCUT2D eigenvalue weighted by molar-refractivity contribution is 6.04. The van der Waals surface area contributed by atoms with E-state index < -0.39 is 0 Å². The van der Waals surface area contributed by atoms with E-state index in [9.17, 15) is 0 Å². The third-order valence-electron chi connectivity index (χ3n) is 9.44. The van der Waals surface area contributed by atoms with E-state index in [1.807, 2.05) is 30.3 Å². The number of allylic oxidation sites excluding steroid dienone is 5. The first-order chi connectivity index (χ1) is 24.7. The van der Waals surface area contributed by atoms with Crippen molar-refractivity contribution in [2.75, 3.05) is 0 Å². The average molecular weight is 644 g/mol. The van der Waals surface area contributed by atoms with Crippen molar-refractivity contribution in [3.05, 3.63) is 174 Å². The Labute approximate surface area is 294 Å². The highest BCUT2D eigenvalue weighted by atomic mass is 15.0. The Balaban J connectivity index is 1.22. The minimum Gasteiger partial charge on any atom is -0.208 e. The van der Waals surface area contributed by atoms with Crippen molar-refractivity contribution in [3.63, 3.8) is 0 Å². The molecule has 8 rings (SSSR count). The van der Waals surface area contributed by atoms with Crippen molar-refractivity contribution in [1.82, 2.24) is 15.0 Å². The van der Waals surface area contributed by atoms with E-state index in [1.54, 1.807) is 0 Å². The highest BCUT2D eigenvalue weighted by Gasteiger charge is 2.16. The second-order valence-corrected chi connectivity index (χ2v) is 12.7. The zero-order chi connectivity index (χ0) is 33.9. The summed E-state index contributed by atoms with van der Waals surface area (Å²) in [5.74, 6) is 1.94. The monoisotopic (exact) mass is 643 g/mol. The van der Waals surface area contributed by atoms with E-state index in [0.717, 1.165) is 40.7 Å². The van der Waals surface area contributed by atoms with Crippen LogP contribution in [0.25, 0.3) is 78.8 Å². The van der Waals surface area contributed by atoms with Gasteiger partial charge in [0.15, 0.2) is 17.5 Å². The summed E-state index contributed by atoms with van der Waals surface area (Å²) in [5.41, 5.74) is 12.6. The normalized spacial score (nSPS) is 12.8. The number of nitrogens with zero attached hydrogens (tertiary/aromatic N) is 3. The third-order valence-corrected chi connectivity index (χ3v) is 9.44. The van der Waals surface area contributed by atoms with Gasteiger partial charge in [0, 0.05) is 16.7 Å². The second-order valence-electron chi connectivity index (χ2n) is 12.7. The lowest BCUT2D eigenvalue weighted by atomic mass is 9.90. The summed E-state index contributed by atoms with van der Waals surface area (Å²) in [7, 11) is 0. The molecule has 0 aliphatic heterocycles. The van der Waals surface area contributed by atoms with Gasteiger partial charge in [-0.15, -0.1) is 0 Å². The van der Waals surface area contributed by atoms with E-state index in [0.29, 0.717) is 17.5 Å².